The van der Waals surface area contributed by atoms with Gasteiger partial charge in [0.25, 0.3) is 0 Å². The Morgan fingerprint density at radius 2 is 1.66 bits per heavy atom. The lowest BCUT2D eigenvalue weighted by atomic mass is 9.99. The summed E-state index contributed by atoms with van der Waals surface area (Å²) in [6.07, 6.45) is -4.30. The summed E-state index contributed by atoms with van der Waals surface area (Å²) in [5.74, 6) is -0.193. The van der Waals surface area contributed by atoms with Gasteiger partial charge in [-0.05, 0) is 57.0 Å². The standard InChI is InChI=1S/C30H32F3N5O3/c1-19(20-11-6-5-7-12-20)38-25(36-23-15-10-16-34-26(23)38)18-35-27(39)24(37-28(40)41-29(2,3)4)17-21-13-8-9-14-22(21)30(31,32)33/h5-16,19,24H,17-18H2,1-4H3,(H,35,39)(H,37,40)/t19-,24-/m1/s1. The zero-order chi connectivity index (χ0) is 29.8. The number of nitrogens with one attached hydrogen (secondary N) is 2. The third-order valence-electron chi connectivity index (χ3n) is 6.37. The monoisotopic (exact) mass is 567 g/mol. The molecule has 0 saturated heterocycles. The predicted molar refractivity (Wildman–Crippen MR) is 148 cm³/mol. The van der Waals surface area contributed by atoms with E-state index in [4.69, 9.17) is 4.74 Å². The highest BCUT2D eigenvalue weighted by Crippen LogP contribution is 2.32. The highest BCUT2D eigenvalue weighted by Gasteiger charge is 2.35. The molecule has 216 valence electrons. The van der Waals surface area contributed by atoms with Gasteiger partial charge >= 0.3 is 12.3 Å². The predicted octanol–water partition coefficient (Wildman–Crippen LogP) is 5.81. The number of rotatable bonds is 8. The van der Waals surface area contributed by atoms with Crippen LogP contribution in [0.15, 0.2) is 72.9 Å². The first-order valence-electron chi connectivity index (χ1n) is 13.1. The van der Waals surface area contributed by atoms with Crippen molar-refractivity contribution in [3.8, 4) is 0 Å². The van der Waals surface area contributed by atoms with Crippen LogP contribution in [-0.2, 0) is 28.7 Å². The molecule has 0 aliphatic carbocycles. The van der Waals surface area contributed by atoms with Gasteiger partial charge in [-0.25, -0.2) is 14.8 Å². The van der Waals surface area contributed by atoms with Crippen molar-refractivity contribution in [3.05, 3.63) is 95.4 Å². The van der Waals surface area contributed by atoms with Crippen LogP contribution < -0.4 is 10.6 Å². The van der Waals surface area contributed by atoms with E-state index in [0.717, 1.165) is 11.6 Å². The molecular weight excluding hydrogens is 535 g/mol. The summed E-state index contributed by atoms with van der Waals surface area (Å²) in [5.41, 5.74) is 0.357. The minimum atomic E-state index is -4.63. The molecule has 8 nitrogen and oxygen atoms in total. The molecule has 4 rings (SSSR count). The molecule has 0 radical (unpaired) electrons. The second-order valence-corrected chi connectivity index (χ2v) is 10.6. The number of imidazole rings is 1. The van der Waals surface area contributed by atoms with Gasteiger partial charge in [-0.3, -0.25) is 4.79 Å². The van der Waals surface area contributed by atoms with E-state index < -0.39 is 41.8 Å². The topological polar surface area (TPSA) is 98.1 Å². The van der Waals surface area contributed by atoms with E-state index in [1.165, 1.54) is 18.2 Å². The van der Waals surface area contributed by atoms with Crippen molar-refractivity contribution in [1.29, 1.82) is 0 Å². The van der Waals surface area contributed by atoms with Gasteiger partial charge in [0.1, 0.15) is 23.0 Å². The van der Waals surface area contributed by atoms with Gasteiger partial charge in [-0.1, -0.05) is 48.5 Å². The first-order valence-corrected chi connectivity index (χ1v) is 13.1. The number of alkyl carbamates (subject to hydrolysis) is 1. The number of nitrogens with zero attached hydrogens (tertiary/aromatic N) is 3. The summed E-state index contributed by atoms with van der Waals surface area (Å²) in [6, 6.07) is 16.7. The van der Waals surface area contributed by atoms with Gasteiger partial charge in [0.15, 0.2) is 5.65 Å². The number of hydrogen-bond donors (Lipinski definition) is 2. The Morgan fingerprint density at radius 1 is 0.976 bits per heavy atom. The quantitative estimate of drug-likeness (QED) is 0.280. The maximum Gasteiger partial charge on any atom is 0.416 e. The van der Waals surface area contributed by atoms with E-state index >= 15 is 0 Å². The van der Waals surface area contributed by atoms with Gasteiger partial charge in [-0.2, -0.15) is 13.2 Å². The zero-order valence-electron chi connectivity index (χ0n) is 23.2. The van der Waals surface area contributed by atoms with Crippen LogP contribution >= 0.6 is 0 Å². The summed E-state index contributed by atoms with van der Waals surface area (Å²) in [5, 5.41) is 5.20. The van der Waals surface area contributed by atoms with Crippen molar-refractivity contribution in [2.45, 2.75) is 64.5 Å². The Labute approximate surface area is 235 Å². The fraction of sp³-hybridized carbons (Fsp3) is 0.333. The van der Waals surface area contributed by atoms with Crippen LogP contribution in [0.2, 0.25) is 0 Å². The molecule has 2 aromatic carbocycles. The second-order valence-electron chi connectivity index (χ2n) is 10.6. The number of benzene rings is 2. The van der Waals surface area contributed by atoms with Crippen LogP contribution in [-0.4, -0.2) is 38.2 Å². The van der Waals surface area contributed by atoms with Gasteiger partial charge in [0.05, 0.1) is 18.2 Å². The summed E-state index contributed by atoms with van der Waals surface area (Å²) < 4.78 is 48.2. The third-order valence-corrected chi connectivity index (χ3v) is 6.37. The molecule has 2 amide bonds. The highest BCUT2D eigenvalue weighted by atomic mass is 19.4. The van der Waals surface area contributed by atoms with Gasteiger partial charge in [0, 0.05) is 12.6 Å². The van der Waals surface area contributed by atoms with Crippen molar-refractivity contribution in [2.24, 2.45) is 0 Å². The number of carbonyl (C=O) groups excluding carboxylic acids is 2. The first kappa shape index (κ1) is 29.6. The molecule has 0 bridgehead atoms. The average Bonchev–Trinajstić information content (AvgIpc) is 3.28. The maximum absolute atomic E-state index is 13.7. The molecule has 11 heteroatoms. The summed E-state index contributed by atoms with van der Waals surface area (Å²) in [6.45, 7) is 6.87. The van der Waals surface area contributed by atoms with E-state index in [-0.39, 0.29) is 18.2 Å². The number of pyridine rings is 1. The Kier molecular flexibility index (Phi) is 8.65. The molecule has 41 heavy (non-hydrogen) atoms. The molecule has 2 N–H and O–H groups in total. The molecule has 0 saturated carbocycles. The highest BCUT2D eigenvalue weighted by molar-refractivity contribution is 5.86. The number of halogens is 3. The van der Waals surface area contributed by atoms with Gasteiger partial charge in [-0.15, -0.1) is 0 Å². The molecule has 2 atom stereocenters. The molecule has 2 heterocycles. The smallest absolute Gasteiger partial charge is 0.416 e. The van der Waals surface area contributed by atoms with Crippen LogP contribution in [0.25, 0.3) is 11.2 Å². The average molecular weight is 568 g/mol. The summed E-state index contributed by atoms with van der Waals surface area (Å²) >= 11 is 0. The minimum Gasteiger partial charge on any atom is -0.444 e. The zero-order valence-corrected chi connectivity index (χ0v) is 23.2. The lowest BCUT2D eigenvalue weighted by Gasteiger charge is -2.24. The molecule has 4 aromatic rings. The van der Waals surface area contributed by atoms with Crippen molar-refractivity contribution < 1.29 is 27.5 Å². The molecule has 2 aromatic heterocycles. The first-order chi connectivity index (χ1) is 19.3. The molecular formula is C30H32F3N5O3. The van der Waals surface area contributed by atoms with Crippen molar-refractivity contribution in [2.75, 3.05) is 0 Å². The van der Waals surface area contributed by atoms with Crippen LogP contribution in [0.3, 0.4) is 0 Å². The van der Waals surface area contributed by atoms with Crippen LogP contribution in [0.5, 0.6) is 0 Å². The Balaban J connectivity index is 1.62. The molecule has 0 spiro atoms. The fourth-order valence-corrected chi connectivity index (χ4v) is 4.53. The fourth-order valence-electron chi connectivity index (χ4n) is 4.53. The number of aromatic nitrogens is 3. The Bertz CT molecular complexity index is 1510. The lowest BCUT2D eigenvalue weighted by molar-refractivity contribution is -0.138. The normalized spacial score (nSPS) is 13.4. The number of carbonyl (C=O) groups is 2. The second kappa shape index (κ2) is 12.0. The molecule has 0 fully saturated rings. The SMILES string of the molecule is C[C@H](c1ccccc1)n1c(CNC(=O)[C@@H](Cc2ccccc2C(F)(F)F)NC(=O)OC(C)(C)C)nc2cccnc21. The van der Waals surface area contributed by atoms with Crippen molar-refractivity contribution in [1.82, 2.24) is 25.2 Å². The Hall–Kier alpha value is -4.41. The van der Waals surface area contributed by atoms with Crippen molar-refractivity contribution in [3.63, 3.8) is 0 Å². The summed E-state index contributed by atoms with van der Waals surface area (Å²) in [7, 11) is 0. The van der Waals surface area contributed by atoms with Crippen molar-refractivity contribution >= 4 is 23.2 Å². The third kappa shape index (κ3) is 7.41. The number of hydrogen-bond acceptors (Lipinski definition) is 5. The molecule has 0 aliphatic heterocycles. The van der Waals surface area contributed by atoms with Crippen LogP contribution in [0, 0.1) is 0 Å². The maximum atomic E-state index is 13.7. The van der Waals surface area contributed by atoms with Gasteiger partial charge in [0.2, 0.25) is 5.91 Å². The lowest BCUT2D eigenvalue weighted by Crippen LogP contribution is -2.49. The minimum absolute atomic E-state index is 0.0558. The summed E-state index contributed by atoms with van der Waals surface area (Å²) in [4.78, 5) is 35.1. The van der Waals surface area contributed by atoms with Crippen LogP contribution in [0.1, 0.15) is 56.3 Å². The van der Waals surface area contributed by atoms with E-state index in [1.807, 2.05) is 47.9 Å². The Morgan fingerprint density at radius 3 is 2.34 bits per heavy atom. The van der Waals surface area contributed by atoms with E-state index in [2.05, 4.69) is 20.6 Å². The van der Waals surface area contributed by atoms with E-state index in [0.29, 0.717) is 17.0 Å². The number of fused-ring (bicyclic) bond motifs is 1. The molecule has 0 unspecified atom stereocenters. The van der Waals surface area contributed by atoms with Gasteiger partial charge < -0.3 is 19.9 Å². The number of alkyl halides is 3. The largest absolute Gasteiger partial charge is 0.444 e. The van der Waals surface area contributed by atoms with E-state index in [9.17, 15) is 22.8 Å². The molecule has 0 aliphatic rings. The number of ether oxygens (including phenoxy) is 1. The van der Waals surface area contributed by atoms with Crippen LogP contribution in [0.4, 0.5) is 18.0 Å². The number of amides is 2. The van der Waals surface area contributed by atoms with E-state index in [1.54, 1.807) is 33.0 Å².